The van der Waals surface area contributed by atoms with Crippen molar-refractivity contribution < 1.29 is 22.7 Å². The molecule has 1 aromatic rings. The smallest absolute Gasteiger partial charge is 0.307 e. The molecule has 1 aromatic carbocycles. The van der Waals surface area contributed by atoms with E-state index in [0.29, 0.717) is 6.54 Å². The van der Waals surface area contributed by atoms with Crippen LogP contribution in [0, 0.1) is 6.92 Å². The van der Waals surface area contributed by atoms with Crippen LogP contribution in [-0.4, -0.2) is 50.9 Å². The summed E-state index contributed by atoms with van der Waals surface area (Å²) in [6.45, 7) is 4.24. The number of nitrogens with zero attached hydrogens (tertiary/aromatic N) is 1. The molecule has 0 radical (unpaired) electrons. The van der Waals surface area contributed by atoms with Crippen LogP contribution in [0.3, 0.4) is 0 Å². The van der Waals surface area contributed by atoms with Crippen molar-refractivity contribution >= 4 is 21.9 Å². The Labute approximate surface area is 161 Å². The number of hydrogen-bond donors (Lipinski definition) is 1. The van der Waals surface area contributed by atoms with Crippen molar-refractivity contribution in [2.24, 2.45) is 0 Å². The van der Waals surface area contributed by atoms with Crippen LogP contribution in [-0.2, 0) is 24.3 Å². The monoisotopic (exact) mass is 396 g/mol. The maximum atomic E-state index is 12.3. The number of ether oxygens (including phenoxy) is 1. The zero-order valence-corrected chi connectivity index (χ0v) is 16.8. The SMILES string of the molecule is CC[C@@H]1CCCCN1C(=O)COC(=O)CCNS(=O)(=O)c1ccc(C)cc1. The van der Waals surface area contributed by atoms with Gasteiger partial charge in [-0.15, -0.1) is 0 Å². The third-order valence-electron chi connectivity index (χ3n) is 4.73. The van der Waals surface area contributed by atoms with E-state index >= 15 is 0 Å². The number of esters is 1. The van der Waals surface area contributed by atoms with Gasteiger partial charge in [-0.05, 0) is 44.7 Å². The molecular weight excluding hydrogens is 368 g/mol. The average molecular weight is 397 g/mol. The third-order valence-corrected chi connectivity index (χ3v) is 6.20. The van der Waals surface area contributed by atoms with Crippen molar-refractivity contribution in [3.05, 3.63) is 29.8 Å². The molecule has 150 valence electrons. The molecule has 27 heavy (non-hydrogen) atoms. The Hall–Kier alpha value is -1.93. The van der Waals surface area contributed by atoms with Crippen LogP contribution in [0.1, 0.15) is 44.6 Å². The summed E-state index contributed by atoms with van der Waals surface area (Å²) in [4.78, 5) is 26.0. The highest BCUT2D eigenvalue weighted by Gasteiger charge is 2.25. The molecule has 1 fully saturated rings. The third kappa shape index (κ3) is 6.32. The second kappa shape index (κ2) is 9.85. The van der Waals surface area contributed by atoms with Crippen molar-refractivity contribution in [3.8, 4) is 0 Å². The van der Waals surface area contributed by atoms with Crippen molar-refractivity contribution in [1.82, 2.24) is 9.62 Å². The van der Waals surface area contributed by atoms with Crippen molar-refractivity contribution in [2.45, 2.75) is 56.9 Å². The van der Waals surface area contributed by atoms with E-state index < -0.39 is 16.0 Å². The van der Waals surface area contributed by atoms with Crippen LogP contribution in [0.15, 0.2) is 29.2 Å². The lowest BCUT2D eigenvalue weighted by molar-refractivity contribution is -0.153. The summed E-state index contributed by atoms with van der Waals surface area (Å²) in [6.07, 6.45) is 3.83. The minimum Gasteiger partial charge on any atom is -0.456 e. The summed E-state index contributed by atoms with van der Waals surface area (Å²) in [5, 5.41) is 0. The molecule has 1 atom stereocenters. The average Bonchev–Trinajstić information content (AvgIpc) is 2.66. The first-order valence-corrected chi connectivity index (χ1v) is 10.8. The molecule has 1 aliphatic heterocycles. The summed E-state index contributed by atoms with van der Waals surface area (Å²) in [5.74, 6) is -0.782. The van der Waals surface area contributed by atoms with Gasteiger partial charge in [0.05, 0.1) is 11.3 Å². The zero-order valence-electron chi connectivity index (χ0n) is 15.9. The predicted octanol–water partition coefficient (Wildman–Crippen LogP) is 2.00. The first kappa shape index (κ1) is 21.4. The Morgan fingerprint density at radius 2 is 1.93 bits per heavy atom. The number of carbonyl (C=O) groups excluding carboxylic acids is 2. The second-order valence-corrected chi connectivity index (χ2v) is 8.53. The number of amides is 1. The molecule has 1 N–H and O–H groups in total. The van der Waals surface area contributed by atoms with Gasteiger partial charge >= 0.3 is 5.97 Å². The minimum atomic E-state index is -3.66. The second-order valence-electron chi connectivity index (χ2n) is 6.77. The van der Waals surface area contributed by atoms with E-state index in [2.05, 4.69) is 4.72 Å². The highest BCUT2D eigenvalue weighted by atomic mass is 32.2. The van der Waals surface area contributed by atoms with Gasteiger partial charge in [0.15, 0.2) is 6.61 Å². The van der Waals surface area contributed by atoms with Crippen LogP contribution < -0.4 is 4.72 Å². The quantitative estimate of drug-likeness (QED) is 0.679. The van der Waals surface area contributed by atoms with Gasteiger partial charge in [-0.1, -0.05) is 24.6 Å². The standard InChI is InChI=1S/C19H28N2O5S/c1-3-16-6-4-5-13-21(16)18(22)14-26-19(23)11-12-20-27(24,25)17-9-7-15(2)8-10-17/h7-10,16,20H,3-6,11-14H2,1-2H3/t16-/m1/s1. The van der Waals surface area contributed by atoms with Gasteiger partial charge in [-0.3, -0.25) is 9.59 Å². The van der Waals surface area contributed by atoms with Crippen molar-refractivity contribution in [1.29, 1.82) is 0 Å². The fourth-order valence-corrected chi connectivity index (χ4v) is 4.17. The Morgan fingerprint density at radius 1 is 1.22 bits per heavy atom. The molecule has 0 aromatic heterocycles. The number of nitrogens with one attached hydrogen (secondary N) is 1. The largest absolute Gasteiger partial charge is 0.456 e. The lowest BCUT2D eigenvalue weighted by atomic mass is 10.00. The normalized spacial score (nSPS) is 17.6. The minimum absolute atomic E-state index is 0.0788. The molecule has 1 amide bonds. The van der Waals surface area contributed by atoms with Gasteiger partial charge in [0.25, 0.3) is 5.91 Å². The van der Waals surface area contributed by atoms with Crippen LogP contribution >= 0.6 is 0 Å². The number of hydrogen-bond acceptors (Lipinski definition) is 5. The van der Waals surface area contributed by atoms with Crippen molar-refractivity contribution in [2.75, 3.05) is 19.7 Å². The van der Waals surface area contributed by atoms with Gasteiger partial charge in [0.2, 0.25) is 10.0 Å². The van der Waals surface area contributed by atoms with Gasteiger partial charge in [-0.2, -0.15) is 0 Å². The van der Waals surface area contributed by atoms with E-state index in [1.54, 1.807) is 17.0 Å². The number of likely N-dealkylation sites (tertiary alicyclic amines) is 1. The summed E-state index contributed by atoms with van der Waals surface area (Å²) in [5.41, 5.74) is 0.959. The molecule has 0 spiro atoms. The van der Waals surface area contributed by atoms with Crippen LogP contribution in [0.4, 0.5) is 0 Å². The Kier molecular flexibility index (Phi) is 7.79. The first-order chi connectivity index (χ1) is 12.8. The molecule has 0 bridgehead atoms. The number of sulfonamides is 1. The van der Waals surface area contributed by atoms with E-state index in [1.807, 2.05) is 13.8 Å². The van der Waals surface area contributed by atoms with Gasteiger partial charge in [0.1, 0.15) is 0 Å². The molecule has 1 aliphatic rings. The molecule has 1 heterocycles. The molecule has 1 saturated heterocycles. The number of carbonyl (C=O) groups is 2. The molecule has 8 heteroatoms. The van der Waals surface area contributed by atoms with E-state index in [4.69, 9.17) is 4.74 Å². The van der Waals surface area contributed by atoms with Crippen LogP contribution in [0.2, 0.25) is 0 Å². The lowest BCUT2D eigenvalue weighted by Crippen LogP contribution is -2.45. The first-order valence-electron chi connectivity index (χ1n) is 9.35. The number of rotatable bonds is 8. The number of aryl methyl sites for hydroxylation is 1. The summed E-state index contributed by atoms with van der Waals surface area (Å²) >= 11 is 0. The van der Waals surface area contributed by atoms with E-state index in [9.17, 15) is 18.0 Å². The number of piperidine rings is 1. The maximum absolute atomic E-state index is 12.3. The molecule has 0 unspecified atom stereocenters. The Bertz CT molecular complexity index is 746. The molecule has 2 rings (SSSR count). The number of benzene rings is 1. The van der Waals surface area contributed by atoms with E-state index in [1.165, 1.54) is 12.1 Å². The molecule has 7 nitrogen and oxygen atoms in total. The lowest BCUT2D eigenvalue weighted by Gasteiger charge is -2.35. The van der Waals surface area contributed by atoms with Crippen molar-refractivity contribution in [3.63, 3.8) is 0 Å². The van der Waals surface area contributed by atoms with E-state index in [0.717, 1.165) is 31.2 Å². The highest BCUT2D eigenvalue weighted by molar-refractivity contribution is 7.89. The summed E-state index contributed by atoms with van der Waals surface area (Å²) in [7, 11) is -3.66. The van der Waals surface area contributed by atoms with E-state index in [-0.39, 0.29) is 36.4 Å². The predicted molar refractivity (Wildman–Crippen MR) is 102 cm³/mol. The van der Waals surface area contributed by atoms with Crippen LogP contribution in [0.5, 0.6) is 0 Å². The van der Waals surface area contributed by atoms with Gasteiger partial charge < -0.3 is 9.64 Å². The fourth-order valence-electron chi connectivity index (χ4n) is 3.14. The highest BCUT2D eigenvalue weighted by Crippen LogP contribution is 2.19. The maximum Gasteiger partial charge on any atom is 0.307 e. The Balaban J connectivity index is 1.74. The summed E-state index contributed by atoms with van der Waals surface area (Å²) < 4.78 is 31.7. The topological polar surface area (TPSA) is 92.8 Å². The van der Waals surface area contributed by atoms with Gasteiger partial charge in [0, 0.05) is 19.1 Å². The van der Waals surface area contributed by atoms with Gasteiger partial charge in [-0.25, -0.2) is 13.1 Å². The fraction of sp³-hybridized carbons (Fsp3) is 0.579. The molecule has 0 aliphatic carbocycles. The molecule has 0 saturated carbocycles. The zero-order chi connectivity index (χ0) is 19.9. The van der Waals surface area contributed by atoms with Crippen LogP contribution in [0.25, 0.3) is 0 Å². The Morgan fingerprint density at radius 3 is 2.59 bits per heavy atom. The molecular formula is C19H28N2O5S. The summed E-state index contributed by atoms with van der Waals surface area (Å²) in [6, 6.07) is 6.65.